The maximum Gasteiger partial charge on any atom is 0.0108 e. The van der Waals surface area contributed by atoms with E-state index in [2.05, 4.69) is 37.3 Å². The van der Waals surface area contributed by atoms with Gasteiger partial charge in [-0.1, -0.05) is 43.2 Å². The predicted molar refractivity (Wildman–Crippen MR) is 60.2 cm³/mol. The van der Waals surface area contributed by atoms with Crippen LogP contribution in [-0.2, 0) is 5.41 Å². The summed E-state index contributed by atoms with van der Waals surface area (Å²) in [6, 6.07) is 11.1. The minimum absolute atomic E-state index is 0.265. The summed E-state index contributed by atoms with van der Waals surface area (Å²) in [5, 5.41) is 0. The Hall–Kier alpha value is -0.820. The maximum absolute atomic E-state index is 6.16. The Kier molecular flexibility index (Phi) is 2.60. The molecule has 0 heterocycles. The molecule has 0 spiro atoms. The van der Waals surface area contributed by atoms with E-state index >= 15 is 0 Å². The fraction of sp³-hybridized carbons (Fsp3) is 0.538. The molecule has 0 bridgehead atoms. The standard InChI is InChI=1S/C13H19N/c1-11(14)13(9-5-6-10-13)12-7-3-2-4-8-12/h2-4,7-8,11H,5-6,9-10,14H2,1H3/t11-/m0/s1. The summed E-state index contributed by atoms with van der Waals surface area (Å²) in [5.41, 5.74) is 7.87. The van der Waals surface area contributed by atoms with Crippen molar-refractivity contribution < 1.29 is 0 Å². The first-order valence-electron chi connectivity index (χ1n) is 5.57. The maximum atomic E-state index is 6.16. The Bertz CT molecular complexity index is 283. The van der Waals surface area contributed by atoms with Crippen molar-refractivity contribution in [2.24, 2.45) is 5.73 Å². The van der Waals surface area contributed by atoms with Gasteiger partial charge in [0.15, 0.2) is 0 Å². The van der Waals surface area contributed by atoms with E-state index in [0.717, 1.165) is 0 Å². The first kappa shape index (κ1) is 9.72. The quantitative estimate of drug-likeness (QED) is 0.760. The van der Waals surface area contributed by atoms with E-state index in [1.54, 1.807) is 0 Å². The van der Waals surface area contributed by atoms with E-state index in [1.807, 2.05) is 0 Å². The van der Waals surface area contributed by atoms with Gasteiger partial charge in [0.2, 0.25) is 0 Å². The molecule has 1 atom stereocenters. The molecule has 1 aliphatic rings. The molecule has 76 valence electrons. The highest BCUT2D eigenvalue weighted by Crippen LogP contribution is 2.42. The number of benzene rings is 1. The van der Waals surface area contributed by atoms with Crippen molar-refractivity contribution in [2.45, 2.75) is 44.1 Å². The van der Waals surface area contributed by atoms with Crippen molar-refractivity contribution in [2.75, 3.05) is 0 Å². The first-order chi connectivity index (χ1) is 6.76. The van der Waals surface area contributed by atoms with Gasteiger partial charge in [0.25, 0.3) is 0 Å². The number of hydrogen-bond donors (Lipinski definition) is 1. The molecule has 1 nitrogen and oxygen atoms in total. The third kappa shape index (κ3) is 1.46. The summed E-state index contributed by atoms with van der Waals surface area (Å²) in [6.45, 7) is 2.15. The van der Waals surface area contributed by atoms with Crippen LogP contribution in [0.2, 0.25) is 0 Å². The first-order valence-corrected chi connectivity index (χ1v) is 5.57. The molecule has 0 aromatic heterocycles. The summed E-state index contributed by atoms with van der Waals surface area (Å²) in [6.07, 6.45) is 5.18. The Morgan fingerprint density at radius 3 is 2.21 bits per heavy atom. The Balaban J connectivity index is 2.36. The van der Waals surface area contributed by atoms with Gasteiger partial charge in [-0.3, -0.25) is 0 Å². The number of hydrogen-bond acceptors (Lipinski definition) is 1. The van der Waals surface area contributed by atoms with Gasteiger partial charge < -0.3 is 5.73 Å². The lowest BCUT2D eigenvalue weighted by atomic mass is 9.74. The van der Waals surface area contributed by atoms with E-state index in [9.17, 15) is 0 Å². The van der Waals surface area contributed by atoms with Crippen LogP contribution in [0.15, 0.2) is 30.3 Å². The van der Waals surface area contributed by atoms with E-state index < -0.39 is 0 Å². The second-order valence-electron chi connectivity index (χ2n) is 4.52. The molecule has 1 heteroatoms. The van der Waals surface area contributed by atoms with Crippen LogP contribution in [0.4, 0.5) is 0 Å². The van der Waals surface area contributed by atoms with Gasteiger partial charge in [-0.2, -0.15) is 0 Å². The molecule has 1 saturated carbocycles. The van der Waals surface area contributed by atoms with Gasteiger partial charge in [-0.25, -0.2) is 0 Å². The molecular formula is C13H19N. The van der Waals surface area contributed by atoms with Gasteiger partial charge in [0.1, 0.15) is 0 Å². The molecule has 0 unspecified atom stereocenters. The molecule has 1 aromatic carbocycles. The van der Waals surface area contributed by atoms with Crippen molar-refractivity contribution >= 4 is 0 Å². The summed E-state index contributed by atoms with van der Waals surface area (Å²) in [7, 11) is 0. The van der Waals surface area contributed by atoms with Gasteiger partial charge in [-0.15, -0.1) is 0 Å². The van der Waals surface area contributed by atoms with Gasteiger partial charge in [0.05, 0.1) is 0 Å². The molecule has 2 N–H and O–H groups in total. The van der Waals surface area contributed by atoms with Crippen molar-refractivity contribution in [3.63, 3.8) is 0 Å². The third-order valence-electron chi connectivity index (χ3n) is 3.72. The van der Waals surface area contributed by atoms with Crippen LogP contribution in [-0.4, -0.2) is 6.04 Å². The summed E-state index contributed by atoms with van der Waals surface area (Å²) >= 11 is 0. The summed E-state index contributed by atoms with van der Waals surface area (Å²) < 4.78 is 0. The lowest BCUT2D eigenvalue weighted by Crippen LogP contribution is -2.41. The van der Waals surface area contributed by atoms with Gasteiger partial charge in [-0.05, 0) is 25.3 Å². The lowest BCUT2D eigenvalue weighted by molar-refractivity contribution is 0.368. The van der Waals surface area contributed by atoms with Crippen molar-refractivity contribution in [3.8, 4) is 0 Å². The average Bonchev–Trinajstić information content (AvgIpc) is 2.69. The largest absolute Gasteiger partial charge is 0.327 e. The van der Waals surface area contributed by atoms with Crippen LogP contribution in [0.25, 0.3) is 0 Å². The molecule has 1 fully saturated rings. The average molecular weight is 189 g/mol. The molecule has 2 rings (SSSR count). The number of rotatable bonds is 2. The van der Waals surface area contributed by atoms with E-state index in [0.29, 0.717) is 0 Å². The van der Waals surface area contributed by atoms with Crippen LogP contribution in [0.1, 0.15) is 38.2 Å². The fourth-order valence-corrected chi connectivity index (χ4v) is 2.78. The molecule has 1 aliphatic carbocycles. The predicted octanol–water partition coefficient (Wildman–Crippen LogP) is 2.85. The van der Waals surface area contributed by atoms with Crippen molar-refractivity contribution in [1.82, 2.24) is 0 Å². The van der Waals surface area contributed by atoms with Crippen LogP contribution in [0.5, 0.6) is 0 Å². The lowest BCUT2D eigenvalue weighted by Gasteiger charge is -2.33. The second-order valence-corrected chi connectivity index (χ2v) is 4.52. The molecule has 0 saturated heterocycles. The van der Waals surface area contributed by atoms with Crippen molar-refractivity contribution in [3.05, 3.63) is 35.9 Å². The molecule has 1 aromatic rings. The topological polar surface area (TPSA) is 26.0 Å². The highest BCUT2D eigenvalue weighted by atomic mass is 14.7. The van der Waals surface area contributed by atoms with Gasteiger partial charge in [0, 0.05) is 11.5 Å². The Labute approximate surface area is 86.3 Å². The Morgan fingerprint density at radius 2 is 1.71 bits per heavy atom. The zero-order valence-electron chi connectivity index (χ0n) is 8.87. The monoisotopic (exact) mass is 189 g/mol. The van der Waals surface area contributed by atoms with Crippen LogP contribution < -0.4 is 5.73 Å². The number of nitrogens with two attached hydrogens (primary N) is 1. The van der Waals surface area contributed by atoms with E-state index in [-0.39, 0.29) is 11.5 Å². The zero-order chi connectivity index (χ0) is 10.0. The molecular weight excluding hydrogens is 170 g/mol. The molecule has 0 radical (unpaired) electrons. The minimum Gasteiger partial charge on any atom is -0.327 e. The minimum atomic E-state index is 0.265. The summed E-state index contributed by atoms with van der Waals surface area (Å²) in [4.78, 5) is 0. The SMILES string of the molecule is C[C@H](N)C1(c2ccccc2)CCCC1. The van der Waals surface area contributed by atoms with E-state index in [1.165, 1.54) is 31.2 Å². The molecule has 0 aliphatic heterocycles. The third-order valence-corrected chi connectivity index (χ3v) is 3.72. The van der Waals surface area contributed by atoms with Gasteiger partial charge >= 0.3 is 0 Å². The normalized spacial score (nSPS) is 22.1. The smallest absolute Gasteiger partial charge is 0.0108 e. The highest BCUT2D eigenvalue weighted by Gasteiger charge is 2.38. The molecule has 14 heavy (non-hydrogen) atoms. The second kappa shape index (κ2) is 3.74. The van der Waals surface area contributed by atoms with Crippen LogP contribution in [0.3, 0.4) is 0 Å². The van der Waals surface area contributed by atoms with Crippen molar-refractivity contribution in [1.29, 1.82) is 0 Å². The highest BCUT2D eigenvalue weighted by molar-refractivity contribution is 5.28. The summed E-state index contributed by atoms with van der Waals surface area (Å²) in [5.74, 6) is 0. The van der Waals surface area contributed by atoms with E-state index in [4.69, 9.17) is 5.73 Å². The van der Waals surface area contributed by atoms with Crippen LogP contribution in [0, 0.1) is 0 Å². The fourth-order valence-electron chi connectivity index (χ4n) is 2.78. The van der Waals surface area contributed by atoms with Crippen LogP contribution >= 0.6 is 0 Å². The Morgan fingerprint density at radius 1 is 1.14 bits per heavy atom. The molecule has 0 amide bonds. The zero-order valence-corrected chi connectivity index (χ0v) is 8.87.